The van der Waals surface area contributed by atoms with E-state index < -0.39 is 29.9 Å². The van der Waals surface area contributed by atoms with Crippen molar-refractivity contribution in [2.75, 3.05) is 17.1 Å². The van der Waals surface area contributed by atoms with E-state index in [4.69, 9.17) is 37.5 Å². The molecule has 2 heterocycles. The number of fused-ring (bicyclic) bond motifs is 1. The van der Waals surface area contributed by atoms with Crippen molar-refractivity contribution < 1.29 is 23.9 Å². The van der Waals surface area contributed by atoms with Crippen LogP contribution in [0.25, 0.3) is 0 Å². The van der Waals surface area contributed by atoms with Crippen LogP contribution in [0.15, 0.2) is 95.5 Å². The Hall–Kier alpha value is -3.56. The molecule has 0 aliphatic carbocycles. The van der Waals surface area contributed by atoms with Crippen LogP contribution in [-0.2, 0) is 21.0 Å². The number of nitrogens with zero attached hydrogens (tertiary/aromatic N) is 2. The van der Waals surface area contributed by atoms with Gasteiger partial charge in [-0.05, 0) is 53.6 Å². The lowest BCUT2D eigenvalue weighted by atomic mass is 9.90. The highest BCUT2D eigenvalue weighted by atomic mass is 79.9. The molecule has 2 amide bonds. The Bertz CT molecular complexity index is 1620. The molecule has 0 bridgehead atoms. The molecule has 4 aromatic carbocycles. The van der Waals surface area contributed by atoms with Gasteiger partial charge in [-0.3, -0.25) is 14.4 Å². The number of amides is 2. The van der Waals surface area contributed by atoms with Crippen molar-refractivity contribution in [2.45, 2.75) is 18.8 Å². The Morgan fingerprint density at radius 3 is 2.22 bits per heavy atom. The first-order valence-electron chi connectivity index (χ1n) is 12.8. The summed E-state index contributed by atoms with van der Waals surface area (Å²) >= 11 is 16.0. The number of anilines is 2. The summed E-state index contributed by atoms with van der Waals surface area (Å²) in [4.78, 5) is 35.0. The third-order valence-electron chi connectivity index (χ3n) is 7.13. The second-order valence-corrected chi connectivity index (χ2v) is 11.2. The average molecular weight is 654 g/mol. The number of halogens is 3. The molecule has 2 aliphatic rings. The molecular formula is C31H23BrCl2N2O5. The molecule has 2 aliphatic heterocycles. The van der Waals surface area contributed by atoms with Crippen LogP contribution >= 0.6 is 39.1 Å². The second kappa shape index (κ2) is 11.4. The molecule has 0 spiro atoms. The topological polar surface area (TPSA) is 68.3 Å². The van der Waals surface area contributed by atoms with Crippen LogP contribution < -0.4 is 19.4 Å². The number of hydroxylamine groups is 1. The van der Waals surface area contributed by atoms with Gasteiger partial charge in [0.1, 0.15) is 12.5 Å². The largest absolute Gasteiger partial charge is 0.493 e. The smallest absolute Gasteiger partial charge is 0.266 e. The van der Waals surface area contributed by atoms with Gasteiger partial charge in [0, 0.05) is 4.47 Å². The minimum atomic E-state index is -1.05. The summed E-state index contributed by atoms with van der Waals surface area (Å²) in [6.07, 6.45) is -1.05. The van der Waals surface area contributed by atoms with Crippen LogP contribution in [-0.4, -0.2) is 25.0 Å². The number of methoxy groups -OCH3 is 1. The molecule has 10 heteroatoms. The van der Waals surface area contributed by atoms with Gasteiger partial charge in [-0.2, -0.15) is 0 Å². The number of rotatable bonds is 7. The molecule has 0 saturated carbocycles. The zero-order chi connectivity index (χ0) is 28.7. The highest BCUT2D eigenvalue weighted by molar-refractivity contribution is 9.10. The number of imide groups is 1. The summed E-state index contributed by atoms with van der Waals surface area (Å²) in [5.74, 6) is -0.729. The highest BCUT2D eigenvalue weighted by Gasteiger charge is 2.60. The fourth-order valence-electron chi connectivity index (χ4n) is 5.19. The molecule has 2 fully saturated rings. The molecular weight excluding hydrogens is 631 g/mol. The van der Waals surface area contributed by atoms with Gasteiger partial charge in [0.2, 0.25) is 5.91 Å². The summed E-state index contributed by atoms with van der Waals surface area (Å²) in [5.41, 5.74) is 2.74. The van der Waals surface area contributed by atoms with Crippen LogP contribution in [0.4, 0.5) is 11.4 Å². The van der Waals surface area contributed by atoms with E-state index in [1.165, 1.54) is 6.07 Å². The van der Waals surface area contributed by atoms with Gasteiger partial charge < -0.3 is 9.47 Å². The van der Waals surface area contributed by atoms with Gasteiger partial charge >= 0.3 is 0 Å². The Kier molecular flexibility index (Phi) is 7.66. The average Bonchev–Trinajstić information content (AvgIpc) is 3.50. The Morgan fingerprint density at radius 1 is 0.829 bits per heavy atom. The first-order valence-corrected chi connectivity index (χ1v) is 14.3. The molecule has 0 radical (unpaired) electrons. The maximum Gasteiger partial charge on any atom is 0.266 e. The van der Waals surface area contributed by atoms with Gasteiger partial charge in [-0.1, -0.05) is 87.7 Å². The zero-order valence-corrected chi connectivity index (χ0v) is 24.8. The van der Waals surface area contributed by atoms with E-state index in [0.29, 0.717) is 44.5 Å². The fourth-order valence-corrected chi connectivity index (χ4v) is 6.04. The van der Waals surface area contributed by atoms with E-state index in [1.54, 1.807) is 24.3 Å². The van der Waals surface area contributed by atoms with Gasteiger partial charge in [0.15, 0.2) is 17.6 Å². The normalized spacial score (nSPS) is 20.0. The zero-order valence-electron chi connectivity index (χ0n) is 21.7. The Morgan fingerprint density at radius 2 is 1.54 bits per heavy atom. The minimum absolute atomic E-state index is 0.240. The molecule has 2 saturated heterocycles. The van der Waals surface area contributed by atoms with Crippen molar-refractivity contribution in [2.24, 2.45) is 5.92 Å². The summed E-state index contributed by atoms with van der Waals surface area (Å²) in [5, 5.41) is 2.19. The van der Waals surface area contributed by atoms with Crippen molar-refractivity contribution in [3.05, 3.63) is 117 Å². The van der Waals surface area contributed by atoms with E-state index in [0.717, 1.165) is 10.5 Å². The summed E-state index contributed by atoms with van der Waals surface area (Å²) in [7, 11) is 1.56. The summed E-state index contributed by atoms with van der Waals surface area (Å²) in [6.45, 7) is 0.349. The lowest BCUT2D eigenvalue weighted by Gasteiger charge is -2.30. The van der Waals surface area contributed by atoms with Crippen molar-refractivity contribution >= 4 is 62.3 Å². The molecule has 0 N–H and O–H groups in total. The van der Waals surface area contributed by atoms with Crippen LogP contribution in [0.2, 0.25) is 10.0 Å². The van der Waals surface area contributed by atoms with Gasteiger partial charge in [0.25, 0.3) is 5.91 Å². The third-order valence-corrected chi connectivity index (χ3v) is 8.55. The number of carbonyl (C=O) groups excluding carboxylic acids is 2. The number of para-hydroxylation sites is 1. The molecule has 4 aromatic rings. The number of ether oxygens (including phenoxy) is 2. The minimum Gasteiger partial charge on any atom is -0.493 e. The molecule has 0 aromatic heterocycles. The first kappa shape index (κ1) is 27.6. The van der Waals surface area contributed by atoms with Gasteiger partial charge in [-0.25, -0.2) is 9.96 Å². The summed E-state index contributed by atoms with van der Waals surface area (Å²) < 4.78 is 12.5. The summed E-state index contributed by atoms with van der Waals surface area (Å²) in [6, 6.07) is 26.8. The van der Waals surface area contributed by atoms with Gasteiger partial charge in [0.05, 0.1) is 34.6 Å². The maximum absolute atomic E-state index is 14.0. The second-order valence-electron chi connectivity index (χ2n) is 9.57. The van der Waals surface area contributed by atoms with E-state index in [1.807, 2.05) is 72.8 Å². The van der Waals surface area contributed by atoms with Crippen molar-refractivity contribution in [1.29, 1.82) is 0 Å². The quantitative estimate of drug-likeness (QED) is 0.194. The van der Waals surface area contributed by atoms with Crippen LogP contribution in [0.1, 0.15) is 17.2 Å². The van der Waals surface area contributed by atoms with E-state index in [-0.39, 0.29) is 5.02 Å². The predicted molar refractivity (Wildman–Crippen MR) is 160 cm³/mol. The lowest BCUT2D eigenvalue weighted by molar-refractivity contribution is -0.126. The Labute approximate surface area is 255 Å². The van der Waals surface area contributed by atoms with E-state index in [2.05, 4.69) is 15.9 Å². The number of benzene rings is 4. The van der Waals surface area contributed by atoms with E-state index in [9.17, 15) is 9.59 Å². The van der Waals surface area contributed by atoms with Crippen LogP contribution in [0, 0.1) is 5.92 Å². The number of hydrogen-bond donors (Lipinski definition) is 0. The third kappa shape index (κ3) is 5.06. The highest BCUT2D eigenvalue weighted by Crippen LogP contribution is 2.51. The van der Waals surface area contributed by atoms with Crippen LogP contribution in [0.5, 0.6) is 11.5 Å². The SMILES string of the molecule is COc1cc([C@@H]2[C@@H]3C(=O)N(c4ccc(Cl)c(Cl)c4)C(=O)[C@H]3ON2c2ccccc2)c(Br)cc1OCc1ccccc1. The standard InChI is InChI=1S/C31H23BrCl2N2O5/c1-39-25-15-21(22(32)16-26(25)40-17-18-8-4-2-5-9-18)28-27-29(41-36(28)19-10-6-3-7-11-19)31(38)35(30(27)37)20-12-13-23(33)24(34)14-20/h2-16,27-29H,17H2,1H3/t27-,28+,29-/m0/s1. The van der Waals surface area contributed by atoms with Crippen molar-refractivity contribution in [1.82, 2.24) is 0 Å². The number of carbonyl (C=O) groups is 2. The van der Waals surface area contributed by atoms with Gasteiger partial charge in [-0.15, -0.1) is 0 Å². The molecule has 41 heavy (non-hydrogen) atoms. The lowest BCUT2D eigenvalue weighted by Crippen LogP contribution is -2.37. The molecule has 0 unspecified atom stereocenters. The van der Waals surface area contributed by atoms with Crippen molar-refractivity contribution in [3.8, 4) is 11.5 Å². The molecule has 3 atom stereocenters. The van der Waals surface area contributed by atoms with Crippen LogP contribution in [0.3, 0.4) is 0 Å². The van der Waals surface area contributed by atoms with E-state index >= 15 is 0 Å². The monoisotopic (exact) mass is 652 g/mol. The first-order chi connectivity index (χ1) is 19.9. The molecule has 7 nitrogen and oxygen atoms in total. The van der Waals surface area contributed by atoms with Crippen molar-refractivity contribution in [3.63, 3.8) is 0 Å². The molecule has 6 rings (SSSR count). The molecule has 208 valence electrons. The number of hydrogen-bond acceptors (Lipinski definition) is 6. The predicted octanol–water partition coefficient (Wildman–Crippen LogP) is 7.39. The maximum atomic E-state index is 14.0. The fraction of sp³-hybridized carbons (Fsp3) is 0.161. The Balaban J connectivity index is 1.40.